The highest BCUT2D eigenvalue weighted by Gasteiger charge is 2.33. The second-order valence-corrected chi connectivity index (χ2v) is 11.6. The zero-order valence-electron chi connectivity index (χ0n) is 22.5. The fourth-order valence-corrected chi connectivity index (χ4v) is 6.20. The first-order valence-corrected chi connectivity index (χ1v) is 13.6. The van der Waals surface area contributed by atoms with Crippen LogP contribution in [0.2, 0.25) is 0 Å². The zero-order valence-corrected chi connectivity index (χ0v) is 22.5. The minimum absolute atomic E-state index is 0.484. The van der Waals surface area contributed by atoms with E-state index >= 15 is 0 Å². The Balaban J connectivity index is 1.68. The van der Waals surface area contributed by atoms with E-state index in [1.54, 1.807) is 0 Å². The SMILES string of the molecule is Cc1cc2nc(C3CCCC3)ccc2c(-c2ccc3c4c(ccnc24)CCO3)c1C(OC(C)(C)C)C(=O)O. The predicted octanol–water partition coefficient (Wildman–Crippen LogP) is 7.29. The van der Waals surface area contributed by atoms with Crippen molar-refractivity contribution in [3.05, 3.63) is 65.0 Å². The van der Waals surface area contributed by atoms with Gasteiger partial charge in [0.2, 0.25) is 0 Å². The highest BCUT2D eigenvalue weighted by molar-refractivity contribution is 6.08. The molecule has 6 rings (SSSR count). The highest BCUT2D eigenvalue weighted by Crippen LogP contribution is 2.45. The smallest absolute Gasteiger partial charge is 0.337 e. The van der Waals surface area contributed by atoms with E-state index in [1.165, 1.54) is 31.2 Å². The maximum atomic E-state index is 12.7. The molecule has 0 amide bonds. The van der Waals surface area contributed by atoms with Crippen LogP contribution in [-0.2, 0) is 16.0 Å². The number of fused-ring (bicyclic) bond motifs is 1. The van der Waals surface area contributed by atoms with Crippen LogP contribution in [0.25, 0.3) is 32.9 Å². The van der Waals surface area contributed by atoms with Crippen molar-refractivity contribution in [2.24, 2.45) is 0 Å². The molecule has 1 saturated carbocycles. The molecule has 2 aliphatic rings. The van der Waals surface area contributed by atoms with Gasteiger partial charge in [-0.15, -0.1) is 0 Å². The van der Waals surface area contributed by atoms with Gasteiger partial charge in [-0.3, -0.25) is 9.97 Å². The van der Waals surface area contributed by atoms with E-state index in [4.69, 9.17) is 19.4 Å². The number of nitrogens with zero attached hydrogens (tertiary/aromatic N) is 2. The summed E-state index contributed by atoms with van der Waals surface area (Å²) in [4.78, 5) is 22.7. The maximum absolute atomic E-state index is 12.7. The Bertz CT molecular complexity index is 1550. The van der Waals surface area contributed by atoms with Crippen LogP contribution in [0.1, 0.15) is 80.9 Å². The lowest BCUT2D eigenvalue weighted by Gasteiger charge is -2.29. The summed E-state index contributed by atoms with van der Waals surface area (Å²) < 4.78 is 12.2. The van der Waals surface area contributed by atoms with Gasteiger partial charge >= 0.3 is 5.97 Å². The molecule has 0 bridgehead atoms. The number of benzene rings is 2. The van der Waals surface area contributed by atoms with Gasteiger partial charge in [-0.25, -0.2) is 4.79 Å². The molecule has 3 heterocycles. The molecule has 6 heteroatoms. The number of ether oxygens (including phenoxy) is 2. The molecular formula is C32H34N2O4. The first kappa shape index (κ1) is 24.8. The summed E-state index contributed by atoms with van der Waals surface area (Å²) in [5, 5.41) is 12.3. The summed E-state index contributed by atoms with van der Waals surface area (Å²) in [6.45, 7) is 8.26. The Morgan fingerprint density at radius 3 is 2.66 bits per heavy atom. The molecule has 2 aromatic carbocycles. The maximum Gasteiger partial charge on any atom is 0.337 e. The van der Waals surface area contributed by atoms with Crippen LogP contribution < -0.4 is 4.74 Å². The number of aliphatic carboxylic acids is 1. The van der Waals surface area contributed by atoms with Crippen LogP contribution in [0.5, 0.6) is 5.75 Å². The Kier molecular flexibility index (Phi) is 6.10. The Hall–Kier alpha value is -3.51. The Labute approximate surface area is 223 Å². The monoisotopic (exact) mass is 510 g/mol. The number of hydrogen-bond acceptors (Lipinski definition) is 5. The first-order chi connectivity index (χ1) is 18.2. The fourth-order valence-electron chi connectivity index (χ4n) is 6.20. The molecule has 1 atom stereocenters. The van der Waals surface area contributed by atoms with Crippen LogP contribution in [0, 0.1) is 6.92 Å². The van der Waals surface area contributed by atoms with Gasteiger partial charge in [0, 0.05) is 46.1 Å². The van der Waals surface area contributed by atoms with Crippen LogP contribution in [0.3, 0.4) is 0 Å². The van der Waals surface area contributed by atoms with Crippen molar-refractivity contribution in [1.82, 2.24) is 9.97 Å². The highest BCUT2D eigenvalue weighted by atomic mass is 16.5. The molecule has 2 aromatic heterocycles. The van der Waals surface area contributed by atoms with E-state index in [0.29, 0.717) is 18.1 Å². The zero-order chi connectivity index (χ0) is 26.6. The van der Waals surface area contributed by atoms with Crippen molar-refractivity contribution in [3.8, 4) is 16.9 Å². The van der Waals surface area contributed by atoms with Gasteiger partial charge < -0.3 is 14.6 Å². The van der Waals surface area contributed by atoms with Crippen molar-refractivity contribution < 1.29 is 19.4 Å². The lowest BCUT2D eigenvalue weighted by atomic mass is 9.86. The summed E-state index contributed by atoms with van der Waals surface area (Å²) in [6.07, 6.45) is 6.33. The van der Waals surface area contributed by atoms with E-state index in [0.717, 1.165) is 56.4 Å². The molecule has 38 heavy (non-hydrogen) atoms. The summed E-state index contributed by atoms with van der Waals surface area (Å²) in [7, 11) is 0. The summed E-state index contributed by atoms with van der Waals surface area (Å²) >= 11 is 0. The summed E-state index contributed by atoms with van der Waals surface area (Å²) in [5.74, 6) is 0.287. The molecule has 1 aliphatic heterocycles. The quantitative estimate of drug-likeness (QED) is 0.304. The molecule has 196 valence electrons. The molecule has 1 aliphatic carbocycles. The normalized spacial score (nSPS) is 16.6. The number of carboxylic acid groups (broad SMARTS) is 1. The Morgan fingerprint density at radius 1 is 1.13 bits per heavy atom. The van der Waals surface area contributed by atoms with E-state index in [2.05, 4.69) is 12.1 Å². The first-order valence-electron chi connectivity index (χ1n) is 13.6. The van der Waals surface area contributed by atoms with Crippen molar-refractivity contribution in [2.75, 3.05) is 6.61 Å². The van der Waals surface area contributed by atoms with E-state index in [-0.39, 0.29) is 0 Å². The number of carbonyl (C=O) groups is 1. The lowest BCUT2D eigenvalue weighted by Crippen LogP contribution is -2.28. The number of pyridine rings is 2. The molecule has 6 nitrogen and oxygen atoms in total. The number of aromatic nitrogens is 2. The third-order valence-electron chi connectivity index (χ3n) is 7.83. The largest absolute Gasteiger partial charge is 0.493 e. The summed E-state index contributed by atoms with van der Waals surface area (Å²) in [5.41, 5.74) is 6.54. The number of rotatable bonds is 5. The second-order valence-electron chi connectivity index (χ2n) is 11.6. The second kappa shape index (κ2) is 9.35. The Morgan fingerprint density at radius 2 is 1.92 bits per heavy atom. The number of hydrogen-bond donors (Lipinski definition) is 1. The topological polar surface area (TPSA) is 81.5 Å². The third-order valence-corrected chi connectivity index (χ3v) is 7.83. The van der Waals surface area contributed by atoms with Crippen molar-refractivity contribution in [3.63, 3.8) is 0 Å². The van der Waals surface area contributed by atoms with Gasteiger partial charge in [-0.2, -0.15) is 0 Å². The molecule has 1 N–H and O–H groups in total. The summed E-state index contributed by atoms with van der Waals surface area (Å²) in [6, 6.07) is 12.3. The molecule has 0 radical (unpaired) electrons. The predicted molar refractivity (Wildman–Crippen MR) is 149 cm³/mol. The van der Waals surface area contributed by atoms with Gasteiger partial charge in [0.1, 0.15) is 5.75 Å². The van der Waals surface area contributed by atoms with Crippen LogP contribution in [-0.4, -0.2) is 33.3 Å². The number of carboxylic acids is 1. The van der Waals surface area contributed by atoms with Gasteiger partial charge in [-0.1, -0.05) is 18.9 Å². The molecule has 1 unspecified atom stereocenters. The lowest BCUT2D eigenvalue weighted by molar-refractivity contribution is -0.160. The molecular weight excluding hydrogens is 476 g/mol. The van der Waals surface area contributed by atoms with Gasteiger partial charge in [-0.05, 0) is 87.6 Å². The van der Waals surface area contributed by atoms with Gasteiger partial charge in [0.15, 0.2) is 6.10 Å². The minimum atomic E-state index is -1.15. The van der Waals surface area contributed by atoms with E-state index < -0.39 is 17.7 Å². The van der Waals surface area contributed by atoms with E-state index in [1.807, 2.05) is 58.2 Å². The third kappa shape index (κ3) is 4.31. The fraction of sp³-hybridized carbons (Fsp3) is 0.406. The van der Waals surface area contributed by atoms with Crippen molar-refractivity contribution in [1.29, 1.82) is 0 Å². The van der Waals surface area contributed by atoms with Crippen molar-refractivity contribution in [2.45, 2.75) is 77.4 Å². The van der Waals surface area contributed by atoms with Crippen molar-refractivity contribution >= 4 is 27.8 Å². The van der Waals surface area contributed by atoms with E-state index in [9.17, 15) is 9.90 Å². The standard InChI is InChI=1S/C32H34N2O4/c1-18-17-24-21(9-11-23(34-24)19-7-5-6-8-19)28(26(18)30(31(35)36)38-32(2,3)4)22-10-12-25-27-20(14-16-37-25)13-15-33-29(22)27/h9-13,15,17,19,30H,5-8,14,16H2,1-4H3,(H,35,36). The molecule has 0 spiro atoms. The van der Waals surface area contributed by atoms with Gasteiger partial charge in [0.05, 0.1) is 23.2 Å². The molecule has 4 aromatic rings. The minimum Gasteiger partial charge on any atom is -0.493 e. The molecule has 1 fully saturated rings. The van der Waals surface area contributed by atoms with Crippen LogP contribution in [0.15, 0.2) is 42.6 Å². The van der Waals surface area contributed by atoms with Gasteiger partial charge in [0.25, 0.3) is 0 Å². The van der Waals surface area contributed by atoms with Crippen LogP contribution >= 0.6 is 0 Å². The molecule has 0 saturated heterocycles. The average Bonchev–Trinajstić information content (AvgIpc) is 3.42. The number of aryl methyl sites for hydroxylation is 1. The average molecular weight is 511 g/mol. The van der Waals surface area contributed by atoms with Crippen LogP contribution in [0.4, 0.5) is 0 Å².